The van der Waals surface area contributed by atoms with E-state index in [1.165, 1.54) is 6.08 Å². The molecule has 0 fully saturated rings. The summed E-state index contributed by atoms with van der Waals surface area (Å²) < 4.78 is 7.29. The molecule has 0 spiro atoms. The van der Waals surface area contributed by atoms with Crippen LogP contribution in [0.3, 0.4) is 0 Å². The first kappa shape index (κ1) is 16.8. The maximum Gasteiger partial charge on any atom is 0.331 e. The minimum absolute atomic E-state index is 0.253. The van der Waals surface area contributed by atoms with Crippen LogP contribution in [0.15, 0.2) is 91.1 Å². The lowest BCUT2D eigenvalue weighted by molar-refractivity contribution is -0.138. The Labute approximate surface area is 157 Å². The van der Waals surface area contributed by atoms with Crippen LogP contribution in [0.2, 0.25) is 0 Å². The molecule has 0 atom stereocenters. The van der Waals surface area contributed by atoms with E-state index in [1.807, 2.05) is 89.5 Å². The van der Waals surface area contributed by atoms with Crippen molar-refractivity contribution in [1.29, 1.82) is 0 Å². The van der Waals surface area contributed by atoms with Crippen LogP contribution >= 0.6 is 0 Å². The monoisotopic (exact) mass is 354 g/mol. The van der Waals surface area contributed by atoms with Crippen molar-refractivity contribution in [1.82, 2.24) is 9.38 Å². The number of imidazole rings is 1. The van der Waals surface area contributed by atoms with Gasteiger partial charge in [0, 0.05) is 17.8 Å². The zero-order valence-corrected chi connectivity index (χ0v) is 14.7. The average molecular weight is 354 g/mol. The number of hydrogen-bond donors (Lipinski definition) is 0. The first-order chi connectivity index (χ1) is 13.3. The lowest BCUT2D eigenvalue weighted by atomic mass is 10.1. The van der Waals surface area contributed by atoms with E-state index < -0.39 is 0 Å². The first-order valence-electron chi connectivity index (χ1n) is 8.72. The van der Waals surface area contributed by atoms with E-state index in [0.717, 1.165) is 28.2 Å². The largest absolute Gasteiger partial charge is 0.458 e. The molecule has 4 nitrogen and oxygen atoms in total. The molecule has 0 radical (unpaired) electrons. The van der Waals surface area contributed by atoms with Crippen LogP contribution in [0.1, 0.15) is 11.3 Å². The molecule has 0 N–H and O–H groups in total. The van der Waals surface area contributed by atoms with E-state index in [-0.39, 0.29) is 12.6 Å². The van der Waals surface area contributed by atoms with Gasteiger partial charge in [0.25, 0.3) is 0 Å². The molecule has 0 aliphatic carbocycles. The van der Waals surface area contributed by atoms with Gasteiger partial charge in [-0.15, -0.1) is 0 Å². The Hall–Kier alpha value is -3.66. The smallest absolute Gasteiger partial charge is 0.331 e. The molecule has 2 heterocycles. The highest BCUT2D eigenvalue weighted by Crippen LogP contribution is 2.25. The minimum Gasteiger partial charge on any atom is -0.458 e. The number of aromatic nitrogens is 2. The van der Waals surface area contributed by atoms with Crippen LogP contribution in [0.4, 0.5) is 0 Å². The van der Waals surface area contributed by atoms with Gasteiger partial charge in [-0.1, -0.05) is 66.7 Å². The Bertz CT molecular complexity index is 1080. The molecule has 0 aliphatic heterocycles. The van der Waals surface area contributed by atoms with Crippen LogP contribution in [-0.4, -0.2) is 15.4 Å². The van der Waals surface area contributed by atoms with Crippen molar-refractivity contribution in [2.24, 2.45) is 0 Å². The number of carbonyl (C=O) groups excluding carboxylic acids is 1. The second-order valence-corrected chi connectivity index (χ2v) is 6.07. The van der Waals surface area contributed by atoms with E-state index in [9.17, 15) is 4.79 Å². The van der Waals surface area contributed by atoms with Gasteiger partial charge in [-0.05, 0) is 23.8 Å². The number of nitrogens with zero attached hydrogens (tertiary/aromatic N) is 2. The second-order valence-electron chi connectivity index (χ2n) is 6.07. The van der Waals surface area contributed by atoms with Gasteiger partial charge in [0.1, 0.15) is 12.3 Å². The lowest BCUT2D eigenvalue weighted by Crippen LogP contribution is -2.00. The Morgan fingerprint density at radius 1 is 0.926 bits per heavy atom. The summed E-state index contributed by atoms with van der Waals surface area (Å²) >= 11 is 0. The number of rotatable bonds is 5. The highest BCUT2D eigenvalue weighted by Gasteiger charge is 2.11. The highest BCUT2D eigenvalue weighted by molar-refractivity contribution is 5.88. The second kappa shape index (κ2) is 7.70. The number of ether oxygens (including phenoxy) is 1. The van der Waals surface area contributed by atoms with Crippen molar-refractivity contribution in [2.45, 2.75) is 6.61 Å². The molecule has 0 bridgehead atoms. The molecule has 132 valence electrons. The van der Waals surface area contributed by atoms with Crippen molar-refractivity contribution in [2.75, 3.05) is 0 Å². The number of esters is 1. The average Bonchev–Trinajstić information content (AvgIpc) is 3.11. The SMILES string of the molecule is O=C(/C=C/c1c(-c2ccccc2)nc2ccccn12)OCc1ccccc1. The summed E-state index contributed by atoms with van der Waals surface area (Å²) in [7, 11) is 0. The summed E-state index contributed by atoms with van der Waals surface area (Å²) in [4.78, 5) is 16.9. The topological polar surface area (TPSA) is 43.6 Å². The first-order valence-corrected chi connectivity index (χ1v) is 8.72. The third-order valence-corrected chi connectivity index (χ3v) is 4.22. The van der Waals surface area contributed by atoms with Crippen molar-refractivity contribution in [3.05, 3.63) is 102 Å². The summed E-state index contributed by atoms with van der Waals surface area (Å²) in [5.41, 5.74) is 4.45. The van der Waals surface area contributed by atoms with Gasteiger partial charge >= 0.3 is 5.97 Å². The Morgan fingerprint density at radius 2 is 1.63 bits per heavy atom. The number of benzene rings is 2. The third kappa shape index (κ3) is 3.80. The molecule has 0 saturated carbocycles. The van der Waals surface area contributed by atoms with Crippen LogP contribution in [0.25, 0.3) is 23.0 Å². The Morgan fingerprint density at radius 3 is 2.41 bits per heavy atom. The fourth-order valence-corrected chi connectivity index (χ4v) is 2.91. The predicted molar refractivity (Wildman–Crippen MR) is 106 cm³/mol. The molecule has 4 rings (SSSR count). The van der Waals surface area contributed by atoms with Crippen LogP contribution in [0, 0.1) is 0 Å². The molecular weight excluding hydrogens is 336 g/mol. The number of pyridine rings is 1. The molecular formula is C23H18N2O2. The van der Waals surface area contributed by atoms with Crippen molar-refractivity contribution in [3.63, 3.8) is 0 Å². The normalized spacial score (nSPS) is 11.1. The van der Waals surface area contributed by atoms with E-state index >= 15 is 0 Å². The molecule has 0 aliphatic rings. The lowest BCUT2D eigenvalue weighted by Gasteiger charge is -2.03. The Balaban J connectivity index is 1.61. The number of fused-ring (bicyclic) bond motifs is 1. The fraction of sp³-hybridized carbons (Fsp3) is 0.0435. The highest BCUT2D eigenvalue weighted by atomic mass is 16.5. The van der Waals surface area contributed by atoms with E-state index in [1.54, 1.807) is 6.08 Å². The molecule has 4 heteroatoms. The standard InChI is InChI=1S/C23H18N2O2/c26-22(27-17-18-9-3-1-4-10-18)15-14-20-23(19-11-5-2-6-12-19)24-21-13-7-8-16-25(20)21/h1-16H,17H2/b15-14+. The van der Waals surface area contributed by atoms with Crippen molar-refractivity contribution < 1.29 is 9.53 Å². The van der Waals surface area contributed by atoms with Gasteiger partial charge in [-0.3, -0.25) is 4.40 Å². The van der Waals surface area contributed by atoms with E-state index in [0.29, 0.717) is 0 Å². The zero-order chi connectivity index (χ0) is 18.5. The predicted octanol–water partition coefficient (Wildman–Crippen LogP) is 4.76. The minimum atomic E-state index is -0.385. The van der Waals surface area contributed by atoms with Gasteiger partial charge in [-0.25, -0.2) is 9.78 Å². The van der Waals surface area contributed by atoms with E-state index in [2.05, 4.69) is 0 Å². The van der Waals surface area contributed by atoms with Crippen LogP contribution in [-0.2, 0) is 16.1 Å². The molecule has 0 saturated heterocycles. The van der Waals surface area contributed by atoms with Gasteiger partial charge in [-0.2, -0.15) is 0 Å². The maximum absolute atomic E-state index is 12.2. The quantitative estimate of drug-likeness (QED) is 0.383. The summed E-state index contributed by atoms with van der Waals surface area (Å²) in [5.74, 6) is -0.385. The van der Waals surface area contributed by atoms with Gasteiger partial charge in [0.2, 0.25) is 0 Å². The zero-order valence-electron chi connectivity index (χ0n) is 14.7. The molecule has 2 aromatic carbocycles. The van der Waals surface area contributed by atoms with Crippen molar-refractivity contribution >= 4 is 17.7 Å². The molecule has 4 aromatic rings. The summed E-state index contributed by atoms with van der Waals surface area (Å²) in [6.07, 6.45) is 5.14. The summed E-state index contributed by atoms with van der Waals surface area (Å²) in [5, 5.41) is 0. The van der Waals surface area contributed by atoms with Gasteiger partial charge < -0.3 is 4.74 Å². The van der Waals surface area contributed by atoms with Crippen LogP contribution in [0.5, 0.6) is 0 Å². The van der Waals surface area contributed by atoms with E-state index in [4.69, 9.17) is 9.72 Å². The summed E-state index contributed by atoms with van der Waals surface area (Å²) in [6, 6.07) is 25.4. The summed E-state index contributed by atoms with van der Waals surface area (Å²) in [6.45, 7) is 0.253. The molecule has 0 unspecified atom stereocenters. The number of hydrogen-bond acceptors (Lipinski definition) is 3. The maximum atomic E-state index is 12.2. The van der Waals surface area contributed by atoms with Gasteiger partial charge in [0.05, 0.1) is 11.4 Å². The van der Waals surface area contributed by atoms with Gasteiger partial charge in [0.15, 0.2) is 0 Å². The molecule has 27 heavy (non-hydrogen) atoms. The number of carbonyl (C=O) groups is 1. The Kier molecular flexibility index (Phi) is 4.79. The van der Waals surface area contributed by atoms with Crippen LogP contribution < -0.4 is 0 Å². The van der Waals surface area contributed by atoms with Crippen molar-refractivity contribution in [3.8, 4) is 11.3 Å². The fourth-order valence-electron chi connectivity index (χ4n) is 2.91. The molecule has 0 amide bonds. The third-order valence-electron chi connectivity index (χ3n) is 4.22. The molecule has 2 aromatic heterocycles.